The Bertz CT molecular complexity index is 780. The van der Waals surface area contributed by atoms with Crippen LogP contribution >= 0.6 is 0 Å². The van der Waals surface area contributed by atoms with Crippen molar-refractivity contribution in [1.29, 1.82) is 0 Å². The normalized spacial score (nSPS) is 16.6. The number of ether oxygens (including phenoxy) is 4. The molecule has 0 bridgehead atoms. The first-order valence-electron chi connectivity index (χ1n) is 9.88. The summed E-state index contributed by atoms with van der Waals surface area (Å²) >= 11 is 0. The summed E-state index contributed by atoms with van der Waals surface area (Å²) in [7, 11) is 1.45. The maximum Gasteiger partial charge on any atom is 0.413 e. The number of likely N-dealkylation sites (N-methyl/N-ethyl adjacent to an activating group) is 1. The van der Waals surface area contributed by atoms with Crippen LogP contribution in [-0.2, 0) is 14.3 Å². The third-order valence-electron chi connectivity index (χ3n) is 5.15. The van der Waals surface area contributed by atoms with E-state index in [-0.39, 0.29) is 19.0 Å². The molecule has 10 heteroatoms. The first-order chi connectivity index (χ1) is 14.5. The number of Topliss-reactive ketones (excluding diaryl/α,β-unsaturated/α-hetero) is 1. The zero-order valence-electron chi connectivity index (χ0n) is 17.2. The topological polar surface area (TPSA) is 107 Å². The Hall–Kier alpha value is -2.85. The van der Waals surface area contributed by atoms with Gasteiger partial charge in [-0.15, -0.1) is 0 Å². The zero-order valence-corrected chi connectivity index (χ0v) is 17.2. The second kappa shape index (κ2) is 10.3. The number of hydrogen-bond donors (Lipinski definition) is 1. The van der Waals surface area contributed by atoms with Crippen LogP contribution in [0.4, 0.5) is 4.79 Å². The molecule has 0 radical (unpaired) electrons. The number of amides is 1. The smallest absolute Gasteiger partial charge is 0.413 e. The maximum absolute atomic E-state index is 12.7. The molecule has 1 aromatic rings. The molecule has 3 rings (SSSR count). The highest BCUT2D eigenvalue weighted by Crippen LogP contribution is 2.33. The lowest BCUT2D eigenvalue weighted by Crippen LogP contribution is -2.44. The van der Waals surface area contributed by atoms with Crippen LogP contribution < -0.4 is 14.8 Å². The molecule has 2 aliphatic rings. The zero-order chi connectivity index (χ0) is 21.5. The quantitative estimate of drug-likeness (QED) is 0.371. The van der Waals surface area contributed by atoms with Crippen LogP contribution in [-0.4, -0.2) is 87.0 Å². The van der Waals surface area contributed by atoms with Crippen molar-refractivity contribution >= 4 is 17.8 Å². The molecule has 0 spiro atoms. The molecular formula is C20H27N3O7. The van der Waals surface area contributed by atoms with Gasteiger partial charge in [-0.1, -0.05) is 0 Å². The number of esters is 1. The molecule has 10 nitrogen and oxygen atoms in total. The molecule has 2 aliphatic heterocycles. The van der Waals surface area contributed by atoms with Crippen molar-refractivity contribution in [3.8, 4) is 11.5 Å². The predicted molar refractivity (Wildman–Crippen MR) is 105 cm³/mol. The van der Waals surface area contributed by atoms with Crippen molar-refractivity contribution in [2.24, 2.45) is 0 Å². The van der Waals surface area contributed by atoms with E-state index in [9.17, 15) is 14.4 Å². The summed E-state index contributed by atoms with van der Waals surface area (Å²) in [6.07, 6.45) is -0.529. The van der Waals surface area contributed by atoms with E-state index in [4.69, 9.17) is 18.9 Å². The Morgan fingerprint density at radius 2 is 1.90 bits per heavy atom. The van der Waals surface area contributed by atoms with Crippen molar-refractivity contribution in [2.75, 3.05) is 53.4 Å². The average molecular weight is 421 g/mol. The number of rotatable bonds is 8. The van der Waals surface area contributed by atoms with E-state index in [0.717, 1.165) is 31.1 Å². The maximum atomic E-state index is 12.7. The van der Waals surface area contributed by atoms with Crippen molar-refractivity contribution in [3.63, 3.8) is 0 Å². The SMILES string of the molecule is CC(C(=O)c1ccc2c(c1)OCO2)N(C)C(=O)OCOC(=O)CCN1CCNCC1. The van der Waals surface area contributed by atoms with Crippen molar-refractivity contribution < 1.29 is 33.3 Å². The summed E-state index contributed by atoms with van der Waals surface area (Å²) in [6, 6.07) is 4.08. The van der Waals surface area contributed by atoms with Gasteiger partial charge in [-0.25, -0.2) is 4.79 Å². The van der Waals surface area contributed by atoms with Gasteiger partial charge in [-0.3, -0.25) is 9.59 Å². The molecule has 1 N–H and O–H groups in total. The van der Waals surface area contributed by atoms with E-state index in [2.05, 4.69) is 10.2 Å². The monoisotopic (exact) mass is 421 g/mol. The number of carbonyl (C=O) groups excluding carboxylic acids is 3. The highest BCUT2D eigenvalue weighted by Gasteiger charge is 2.26. The summed E-state index contributed by atoms with van der Waals surface area (Å²) in [5, 5.41) is 3.24. The van der Waals surface area contributed by atoms with Crippen LogP contribution in [0.1, 0.15) is 23.7 Å². The van der Waals surface area contributed by atoms with E-state index in [1.54, 1.807) is 25.1 Å². The minimum atomic E-state index is -0.777. The summed E-state index contributed by atoms with van der Waals surface area (Å²) in [5.74, 6) is 0.353. The van der Waals surface area contributed by atoms with E-state index in [1.165, 1.54) is 7.05 Å². The Balaban J connectivity index is 1.40. The average Bonchev–Trinajstić information content (AvgIpc) is 3.24. The number of carbonyl (C=O) groups is 3. The highest BCUT2D eigenvalue weighted by atomic mass is 16.7. The standard InChI is InChI=1S/C20H27N3O7/c1-14(19(25)15-3-4-16-17(11-15)28-12-27-16)22(2)20(26)30-13-29-18(24)5-8-23-9-6-21-7-10-23/h3-4,11,14,21H,5-10,12-13H2,1-2H3. The van der Waals surface area contributed by atoms with Gasteiger partial charge in [0.25, 0.3) is 0 Å². The summed E-state index contributed by atoms with van der Waals surface area (Å²) in [6.45, 7) is 5.41. The third kappa shape index (κ3) is 5.61. The lowest BCUT2D eigenvalue weighted by molar-refractivity contribution is -0.152. The number of benzene rings is 1. The lowest BCUT2D eigenvalue weighted by Gasteiger charge is -2.26. The Labute approximate surface area is 175 Å². The van der Waals surface area contributed by atoms with Crippen molar-refractivity contribution in [2.45, 2.75) is 19.4 Å². The molecule has 0 aliphatic carbocycles. The van der Waals surface area contributed by atoms with Crippen LogP contribution in [0.15, 0.2) is 18.2 Å². The molecule has 0 aromatic heterocycles. The number of nitrogens with zero attached hydrogens (tertiary/aromatic N) is 2. The summed E-state index contributed by atoms with van der Waals surface area (Å²) in [4.78, 5) is 40.0. The molecular weight excluding hydrogens is 394 g/mol. The molecule has 1 saturated heterocycles. The van der Waals surface area contributed by atoms with E-state index in [0.29, 0.717) is 23.6 Å². The molecule has 0 saturated carbocycles. The van der Waals surface area contributed by atoms with Crippen LogP contribution in [0.3, 0.4) is 0 Å². The van der Waals surface area contributed by atoms with Gasteiger partial charge in [0, 0.05) is 45.3 Å². The van der Waals surface area contributed by atoms with Crippen molar-refractivity contribution in [1.82, 2.24) is 15.1 Å². The van der Waals surface area contributed by atoms with Gasteiger partial charge < -0.3 is 34.1 Å². The molecule has 2 heterocycles. The van der Waals surface area contributed by atoms with Gasteiger partial charge in [-0.2, -0.15) is 0 Å². The number of fused-ring (bicyclic) bond motifs is 1. The first-order valence-corrected chi connectivity index (χ1v) is 9.88. The molecule has 1 unspecified atom stereocenters. The van der Waals surface area contributed by atoms with Gasteiger partial charge in [0.2, 0.25) is 13.6 Å². The predicted octanol–water partition coefficient (Wildman–Crippen LogP) is 0.851. The van der Waals surface area contributed by atoms with Crippen LogP contribution in [0.5, 0.6) is 11.5 Å². The number of hydrogen-bond acceptors (Lipinski definition) is 9. The number of nitrogens with one attached hydrogen (secondary N) is 1. The lowest BCUT2D eigenvalue weighted by atomic mass is 10.0. The van der Waals surface area contributed by atoms with Gasteiger partial charge in [0.1, 0.15) is 0 Å². The van der Waals surface area contributed by atoms with E-state index in [1.807, 2.05) is 0 Å². The Kier molecular flexibility index (Phi) is 7.47. The van der Waals surface area contributed by atoms with Gasteiger partial charge >= 0.3 is 12.1 Å². The third-order valence-corrected chi connectivity index (χ3v) is 5.15. The second-order valence-electron chi connectivity index (χ2n) is 7.11. The molecule has 1 amide bonds. The fourth-order valence-electron chi connectivity index (χ4n) is 3.13. The van der Waals surface area contributed by atoms with Crippen molar-refractivity contribution in [3.05, 3.63) is 23.8 Å². The molecule has 164 valence electrons. The first kappa shape index (κ1) is 21.8. The molecule has 1 atom stereocenters. The largest absolute Gasteiger partial charge is 0.454 e. The fourth-order valence-corrected chi connectivity index (χ4v) is 3.13. The fraction of sp³-hybridized carbons (Fsp3) is 0.550. The minimum Gasteiger partial charge on any atom is -0.454 e. The Morgan fingerprint density at radius 3 is 2.67 bits per heavy atom. The molecule has 30 heavy (non-hydrogen) atoms. The molecule has 1 fully saturated rings. The summed E-state index contributed by atoms with van der Waals surface area (Å²) < 4.78 is 20.4. The van der Waals surface area contributed by atoms with Gasteiger partial charge in [-0.05, 0) is 25.1 Å². The minimum absolute atomic E-state index is 0.114. The van der Waals surface area contributed by atoms with Crippen LogP contribution in [0.2, 0.25) is 0 Å². The van der Waals surface area contributed by atoms with E-state index < -0.39 is 24.9 Å². The summed E-state index contributed by atoms with van der Waals surface area (Å²) in [5.41, 5.74) is 0.394. The van der Waals surface area contributed by atoms with Gasteiger partial charge in [0.05, 0.1) is 12.5 Å². The Morgan fingerprint density at radius 1 is 1.17 bits per heavy atom. The van der Waals surface area contributed by atoms with Crippen LogP contribution in [0.25, 0.3) is 0 Å². The molecule has 1 aromatic carbocycles. The second-order valence-corrected chi connectivity index (χ2v) is 7.11. The van der Waals surface area contributed by atoms with Gasteiger partial charge in [0.15, 0.2) is 17.3 Å². The number of ketones is 1. The van der Waals surface area contributed by atoms with E-state index >= 15 is 0 Å². The number of piperazine rings is 1. The highest BCUT2D eigenvalue weighted by molar-refractivity contribution is 6.01. The van der Waals surface area contributed by atoms with Crippen LogP contribution in [0, 0.1) is 0 Å².